The SMILES string of the molecule is c1cncc(N2CC[N]CC2)c1. The maximum Gasteiger partial charge on any atom is 0.0553 e. The Kier molecular flexibility index (Phi) is 2.23. The molecule has 3 nitrogen and oxygen atoms in total. The van der Waals surface area contributed by atoms with Crippen molar-refractivity contribution in [3.05, 3.63) is 24.5 Å². The van der Waals surface area contributed by atoms with Gasteiger partial charge in [-0.3, -0.25) is 4.98 Å². The molecule has 1 aromatic rings. The number of piperazine rings is 1. The van der Waals surface area contributed by atoms with Gasteiger partial charge in [-0.15, -0.1) is 0 Å². The highest BCUT2D eigenvalue weighted by Gasteiger charge is 2.09. The normalized spacial score (nSPS) is 17.8. The summed E-state index contributed by atoms with van der Waals surface area (Å²) in [4.78, 5) is 6.41. The minimum atomic E-state index is 0.953. The topological polar surface area (TPSA) is 30.2 Å². The molecule has 1 aromatic heterocycles. The molecule has 2 heterocycles. The van der Waals surface area contributed by atoms with Gasteiger partial charge in [0.1, 0.15) is 0 Å². The average molecular weight is 162 g/mol. The second-order valence-electron chi connectivity index (χ2n) is 2.87. The van der Waals surface area contributed by atoms with E-state index in [0.717, 1.165) is 26.2 Å². The molecule has 0 aliphatic carbocycles. The van der Waals surface area contributed by atoms with Crippen LogP contribution in [0.1, 0.15) is 0 Å². The summed E-state index contributed by atoms with van der Waals surface area (Å²) < 4.78 is 0. The van der Waals surface area contributed by atoms with Crippen LogP contribution in [-0.2, 0) is 0 Å². The second-order valence-corrected chi connectivity index (χ2v) is 2.87. The van der Waals surface area contributed by atoms with Crippen LogP contribution in [0.25, 0.3) is 0 Å². The molecule has 1 saturated heterocycles. The van der Waals surface area contributed by atoms with Crippen molar-refractivity contribution in [2.45, 2.75) is 0 Å². The third-order valence-corrected chi connectivity index (χ3v) is 2.07. The fourth-order valence-corrected chi connectivity index (χ4v) is 1.41. The molecule has 3 heteroatoms. The van der Waals surface area contributed by atoms with Crippen molar-refractivity contribution in [1.82, 2.24) is 10.3 Å². The minimum Gasteiger partial charge on any atom is -0.368 e. The van der Waals surface area contributed by atoms with Crippen molar-refractivity contribution >= 4 is 5.69 Å². The maximum atomic E-state index is 4.29. The van der Waals surface area contributed by atoms with Gasteiger partial charge in [-0.25, -0.2) is 5.32 Å². The first-order valence-electron chi connectivity index (χ1n) is 4.25. The largest absolute Gasteiger partial charge is 0.368 e. The zero-order chi connectivity index (χ0) is 8.23. The molecular weight excluding hydrogens is 150 g/mol. The van der Waals surface area contributed by atoms with Crippen molar-refractivity contribution in [2.75, 3.05) is 31.1 Å². The zero-order valence-corrected chi connectivity index (χ0v) is 6.98. The van der Waals surface area contributed by atoms with E-state index in [1.807, 2.05) is 12.3 Å². The van der Waals surface area contributed by atoms with Crippen LogP contribution in [-0.4, -0.2) is 31.2 Å². The molecule has 0 saturated carbocycles. The van der Waals surface area contributed by atoms with Crippen LogP contribution in [0.2, 0.25) is 0 Å². The van der Waals surface area contributed by atoms with Crippen LogP contribution < -0.4 is 10.2 Å². The van der Waals surface area contributed by atoms with E-state index >= 15 is 0 Å². The van der Waals surface area contributed by atoms with Crippen molar-refractivity contribution in [3.8, 4) is 0 Å². The molecule has 0 unspecified atom stereocenters. The average Bonchev–Trinajstić information content (AvgIpc) is 2.21. The van der Waals surface area contributed by atoms with Crippen LogP contribution in [0, 0.1) is 0 Å². The quantitative estimate of drug-likeness (QED) is 0.602. The monoisotopic (exact) mass is 162 g/mol. The predicted molar refractivity (Wildman–Crippen MR) is 48.3 cm³/mol. The molecule has 1 aliphatic rings. The van der Waals surface area contributed by atoms with E-state index in [1.54, 1.807) is 6.20 Å². The molecule has 0 aromatic carbocycles. The molecule has 63 valence electrons. The highest BCUT2D eigenvalue weighted by molar-refractivity contribution is 5.43. The van der Waals surface area contributed by atoms with Gasteiger partial charge in [0.2, 0.25) is 0 Å². The van der Waals surface area contributed by atoms with E-state index in [2.05, 4.69) is 21.3 Å². The molecule has 1 fully saturated rings. The minimum absolute atomic E-state index is 0.953. The molecule has 0 atom stereocenters. The van der Waals surface area contributed by atoms with E-state index in [-0.39, 0.29) is 0 Å². The number of pyridine rings is 1. The van der Waals surface area contributed by atoms with E-state index in [9.17, 15) is 0 Å². The van der Waals surface area contributed by atoms with E-state index in [4.69, 9.17) is 0 Å². The Bertz CT molecular complexity index is 229. The molecule has 0 N–H and O–H groups in total. The van der Waals surface area contributed by atoms with Gasteiger partial charge in [-0.1, -0.05) is 0 Å². The summed E-state index contributed by atoms with van der Waals surface area (Å²) in [6, 6.07) is 4.07. The summed E-state index contributed by atoms with van der Waals surface area (Å²) in [5, 5.41) is 4.29. The molecule has 2 rings (SSSR count). The van der Waals surface area contributed by atoms with Crippen molar-refractivity contribution in [1.29, 1.82) is 0 Å². The Balaban J connectivity index is 2.08. The lowest BCUT2D eigenvalue weighted by Crippen LogP contribution is -2.40. The second kappa shape index (κ2) is 3.54. The summed E-state index contributed by atoms with van der Waals surface area (Å²) in [6.45, 7) is 3.97. The van der Waals surface area contributed by atoms with E-state index in [1.165, 1.54) is 5.69 Å². The van der Waals surface area contributed by atoms with Crippen molar-refractivity contribution in [2.24, 2.45) is 0 Å². The lowest BCUT2D eigenvalue weighted by atomic mass is 10.3. The number of rotatable bonds is 1. The van der Waals surface area contributed by atoms with Gasteiger partial charge in [0.05, 0.1) is 11.9 Å². The van der Waals surface area contributed by atoms with Crippen LogP contribution in [0.4, 0.5) is 5.69 Å². The third kappa shape index (κ3) is 1.56. The summed E-state index contributed by atoms with van der Waals surface area (Å²) in [6.07, 6.45) is 3.71. The smallest absolute Gasteiger partial charge is 0.0553 e. The fourth-order valence-electron chi connectivity index (χ4n) is 1.41. The molecule has 0 amide bonds. The molecule has 1 aliphatic heterocycles. The Morgan fingerprint density at radius 2 is 2.08 bits per heavy atom. The number of hydrogen-bond acceptors (Lipinski definition) is 2. The van der Waals surface area contributed by atoms with Gasteiger partial charge in [-0.05, 0) is 12.1 Å². The first-order valence-corrected chi connectivity index (χ1v) is 4.25. The van der Waals surface area contributed by atoms with Gasteiger partial charge in [0.15, 0.2) is 0 Å². The number of aromatic nitrogens is 1. The lowest BCUT2D eigenvalue weighted by Gasteiger charge is -2.27. The Hall–Kier alpha value is -1.09. The molecule has 0 spiro atoms. The standard InChI is InChI=1S/C9H12N3/c1-2-9(8-11-3-1)12-6-4-10-5-7-12/h1-3,8H,4-7H2. The Labute approximate surface area is 72.4 Å². The highest BCUT2D eigenvalue weighted by Crippen LogP contribution is 2.11. The van der Waals surface area contributed by atoms with Crippen LogP contribution >= 0.6 is 0 Å². The molecular formula is C9H12N3. The number of hydrogen-bond donors (Lipinski definition) is 0. The van der Waals surface area contributed by atoms with Gasteiger partial charge in [0.25, 0.3) is 0 Å². The van der Waals surface area contributed by atoms with Crippen LogP contribution in [0.15, 0.2) is 24.5 Å². The summed E-state index contributed by atoms with van der Waals surface area (Å²) in [5.41, 5.74) is 1.22. The van der Waals surface area contributed by atoms with Gasteiger partial charge in [-0.2, -0.15) is 0 Å². The summed E-state index contributed by atoms with van der Waals surface area (Å²) in [7, 11) is 0. The molecule has 12 heavy (non-hydrogen) atoms. The van der Waals surface area contributed by atoms with E-state index < -0.39 is 0 Å². The summed E-state index contributed by atoms with van der Waals surface area (Å²) in [5.74, 6) is 0. The summed E-state index contributed by atoms with van der Waals surface area (Å²) >= 11 is 0. The van der Waals surface area contributed by atoms with Crippen LogP contribution in [0.3, 0.4) is 0 Å². The van der Waals surface area contributed by atoms with Crippen molar-refractivity contribution in [3.63, 3.8) is 0 Å². The van der Waals surface area contributed by atoms with Gasteiger partial charge in [0, 0.05) is 32.4 Å². The Morgan fingerprint density at radius 1 is 1.25 bits per heavy atom. The predicted octanol–water partition coefficient (Wildman–Crippen LogP) is 0.506. The Morgan fingerprint density at radius 3 is 2.75 bits per heavy atom. The first kappa shape index (κ1) is 7.55. The zero-order valence-electron chi connectivity index (χ0n) is 6.98. The molecule has 0 bridgehead atoms. The van der Waals surface area contributed by atoms with Gasteiger partial charge < -0.3 is 4.90 Å². The number of anilines is 1. The molecule has 1 radical (unpaired) electrons. The van der Waals surface area contributed by atoms with Crippen molar-refractivity contribution < 1.29 is 0 Å². The first-order chi connectivity index (χ1) is 5.97. The lowest BCUT2D eigenvalue weighted by molar-refractivity contribution is 0.578. The number of nitrogens with zero attached hydrogens (tertiary/aromatic N) is 3. The fraction of sp³-hybridized carbons (Fsp3) is 0.444. The highest BCUT2D eigenvalue weighted by atomic mass is 15.2. The van der Waals surface area contributed by atoms with E-state index in [0.29, 0.717) is 0 Å². The maximum absolute atomic E-state index is 4.29. The third-order valence-electron chi connectivity index (χ3n) is 2.07. The van der Waals surface area contributed by atoms with Gasteiger partial charge >= 0.3 is 0 Å². The van der Waals surface area contributed by atoms with Crippen LogP contribution in [0.5, 0.6) is 0 Å².